The topological polar surface area (TPSA) is 56.2 Å². The van der Waals surface area contributed by atoms with Crippen molar-refractivity contribution in [1.29, 1.82) is 0 Å². The van der Waals surface area contributed by atoms with Gasteiger partial charge in [-0.1, -0.05) is 0 Å². The van der Waals surface area contributed by atoms with E-state index in [1.807, 2.05) is 0 Å². The highest BCUT2D eigenvalue weighted by molar-refractivity contribution is 5.92. The van der Waals surface area contributed by atoms with Crippen LogP contribution in [-0.2, 0) is 11.8 Å². The van der Waals surface area contributed by atoms with Gasteiger partial charge in [-0.05, 0) is 12.8 Å². The largest absolute Gasteiger partial charge is 0.376 e. The van der Waals surface area contributed by atoms with Crippen molar-refractivity contribution in [2.45, 2.75) is 18.9 Å². The Labute approximate surface area is 88.4 Å². The molecule has 1 amide bonds. The molecule has 82 valence electrons. The number of carbonyl (C=O) groups excluding carboxylic acids is 1. The van der Waals surface area contributed by atoms with Crippen LogP contribution in [0.1, 0.15) is 23.3 Å². The number of hydrogen-bond acceptors (Lipinski definition) is 3. The molecular formula is C10H15N3O2. The Kier molecular flexibility index (Phi) is 3.01. The molecule has 5 nitrogen and oxygen atoms in total. The number of rotatable bonds is 3. The maximum Gasteiger partial charge on any atom is 0.269 e. The maximum atomic E-state index is 11.7. The molecule has 0 spiro atoms. The zero-order chi connectivity index (χ0) is 10.7. The standard InChI is InChI=1S/C10H15N3O2/c1-13-7-11-6-9(13)10(14)12-5-8-3-2-4-15-8/h6-8H,2-5H2,1H3,(H,12,14). The first-order valence-electron chi connectivity index (χ1n) is 5.13. The average Bonchev–Trinajstić information content (AvgIpc) is 2.84. The SMILES string of the molecule is Cn1cncc1C(=O)NCC1CCCO1. The second-order valence-corrected chi connectivity index (χ2v) is 3.73. The fraction of sp³-hybridized carbons (Fsp3) is 0.600. The van der Waals surface area contributed by atoms with Gasteiger partial charge in [-0.2, -0.15) is 0 Å². The molecule has 0 radical (unpaired) electrons. The van der Waals surface area contributed by atoms with E-state index in [9.17, 15) is 4.79 Å². The summed E-state index contributed by atoms with van der Waals surface area (Å²) in [5, 5.41) is 2.84. The number of aromatic nitrogens is 2. The molecular weight excluding hydrogens is 194 g/mol. The van der Waals surface area contributed by atoms with Crippen LogP contribution in [0.5, 0.6) is 0 Å². The summed E-state index contributed by atoms with van der Waals surface area (Å²) >= 11 is 0. The Hall–Kier alpha value is -1.36. The van der Waals surface area contributed by atoms with Crippen LogP contribution >= 0.6 is 0 Å². The van der Waals surface area contributed by atoms with Gasteiger partial charge in [0.2, 0.25) is 0 Å². The lowest BCUT2D eigenvalue weighted by Crippen LogP contribution is -2.32. The molecule has 1 aliphatic heterocycles. The van der Waals surface area contributed by atoms with Crippen molar-refractivity contribution in [3.8, 4) is 0 Å². The van der Waals surface area contributed by atoms with E-state index in [4.69, 9.17) is 4.74 Å². The van der Waals surface area contributed by atoms with Crippen molar-refractivity contribution >= 4 is 5.91 Å². The van der Waals surface area contributed by atoms with Crippen molar-refractivity contribution in [3.63, 3.8) is 0 Å². The molecule has 1 aliphatic rings. The van der Waals surface area contributed by atoms with Gasteiger partial charge in [-0.3, -0.25) is 4.79 Å². The molecule has 1 fully saturated rings. The fourth-order valence-electron chi connectivity index (χ4n) is 1.68. The number of nitrogens with one attached hydrogen (secondary N) is 1. The van der Waals surface area contributed by atoms with Crippen molar-refractivity contribution in [1.82, 2.24) is 14.9 Å². The number of nitrogens with zero attached hydrogens (tertiary/aromatic N) is 2. The van der Waals surface area contributed by atoms with Crippen molar-refractivity contribution in [3.05, 3.63) is 18.2 Å². The molecule has 2 heterocycles. The first kappa shape index (κ1) is 10.2. The number of carbonyl (C=O) groups is 1. The van der Waals surface area contributed by atoms with E-state index in [2.05, 4.69) is 10.3 Å². The molecule has 0 saturated carbocycles. The van der Waals surface area contributed by atoms with Gasteiger partial charge in [0.15, 0.2) is 0 Å². The molecule has 5 heteroatoms. The minimum absolute atomic E-state index is 0.0921. The molecule has 1 atom stereocenters. The van der Waals surface area contributed by atoms with Crippen LogP contribution in [-0.4, -0.2) is 34.7 Å². The summed E-state index contributed by atoms with van der Waals surface area (Å²) < 4.78 is 7.11. The molecule has 1 N–H and O–H groups in total. The van der Waals surface area contributed by atoms with E-state index >= 15 is 0 Å². The number of ether oxygens (including phenoxy) is 1. The van der Waals surface area contributed by atoms with Crippen LogP contribution in [0.4, 0.5) is 0 Å². The van der Waals surface area contributed by atoms with E-state index in [0.717, 1.165) is 19.4 Å². The smallest absolute Gasteiger partial charge is 0.269 e. The predicted octanol–water partition coefficient (Wildman–Crippen LogP) is 0.329. The number of amides is 1. The van der Waals surface area contributed by atoms with Gasteiger partial charge in [0, 0.05) is 20.2 Å². The Morgan fingerprint density at radius 3 is 3.27 bits per heavy atom. The summed E-state index contributed by atoms with van der Waals surface area (Å²) in [7, 11) is 1.80. The van der Waals surface area contributed by atoms with Gasteiger partial charge in [0.1, 0.15) is 5.69 Å². The third-order valence-electron chi connectivity index (χ3n) is 2.56. The van der Waals surface area contributed by atoms with Crippen LogP contribution in [0, 0.1) is 0 Å². The second-order valence-electron chi connectivity index (χ2n) is 3.73. The summed E-state index contributed by atoms with van der Waals surface area (Å²) in [6.45, 7) is 1.40. The number of hydrogen-bond donors (Lipinski definition) is 1. The normalized spacial score (nSPS) is 20.5. The minimum Gasteiger partial charge on any atom is -0.376 e. The first-order chi connectivity index (χ1) is 7.27. The van der Waals surface area contributed by atoms with Crippen LogP contribution in [0.25, 0.3) is 0 Å². The van der Waals surface area contributed by atoms with Crippen molar-refractivity contribution in [2.75, 3.05) is 13.2 Å². The molecule has 2 rings (SSSR count). The second kappa shape index (κ2) is 4.44. The Bertz CT molecular complexity index is 342. The Morgan fingerprint density at radius 2 is 2.67 bits per heavy atom. The molecule has 0 bridgehead atoms. The highest BCUT2D eigenvalue weighted by Gasteiger charge is 2.17. The van der Waals surface area contributed by atoms with Crippen molar-refractivity contribution < 1.29 is 9.53 Å². The lowest BCUT2D eigenvalue weighted by atomic mass is 10.2. The van der Waals surface area contributed by atoms with Gasteiger partial charge in [0.25, 0.3) is 5.91 Å². The summed E-state index contributed by atoms with van der Waals surface area (Å²) in [5.41, 5.74) is 0.577. The zero-order valence-electron chi connectivity index (χ0n) is 8.77. The van der Waals surface area contributed by atoms with Crippen LogP contribution in [0.2, 0.25) is 0 Å². The minimum atomic E-state index is -0.0921. The summed E-state index contributed by atoms with van der Waals surface area (Å²) in [5.74, 6) is -0.0921. The highest BCUT2D eigenvalue weighted by atomic mass is 16.5. The third-order valence-corrected chi connectivity index (χ3v) is 2.56. The highest BCUT2D eigenvalue weighted by Crippen LogP contribution is 2.10. The maximum absolute atomic E-state index is 11.7. The molecule has 0 aromatic carbocycles. The summed E-state index contributed by atoms with van der Waals surface area (Å²) in [6, 6.07) is 0. The Morgan fingerprint density at radius 1 is 1.80 bits per heavy atom. The van der Waals surface area contributed by atoms with Gasteiger partial charge in [-0.15, -0.1) is 0 Å². The van der Waals surface area contributed by atoms with Crippen LogP contribution < -0.4 is 5.32 Å². The zero-order valence-corrected chi connectivity index (χ0v) is 8.77. The first-order valence-corrected chi connectivity index (χ1v) is 5.13. The van der Waals surface area contributed by atoms with Crippen molar-refractivity contribution in [2.24, 2.45) is 7.05 Å². The quantitative estimate of drug-likeness (QED) is 0.780. The Balaban J connectivity index is 1.84. The van der Waals surface area contributed by atoms with E-state index in [0.29, 0.717) is 12.2 Å². The third kappa shape index (κ3) is 2.36. The molecule has 1 aromatic rings. The van der Waals surface area contributed by atoms with E-state index in [1.165, 1.54) is 0 Å². The van der Waals surface area contributed by atoms with Gasteiger partial charge in [-0.25, -0.2) is 4.98 Å². The van der Waals surface area contributed by atoms with E-state index < -0.39 is 0 Å². The number of aryl methyl sites for hydroxylation is 1. The molecule has 0 aliphatic carbocycles. The van der Waals surface area contributed by atoms with Gasteiger partial charge in [0.05, 0.1) is 18.6 Å². The monoisotopic (exact) mass is 209 g/mol. The molecule has 1 unspecified atom stereocenters. The van der Waals surface area contributed by atoms with E-state index in [1.54, 1.807) is 24.1 Å². The van der Waals surface area contributed by atoms with E-state index in [-0.39, 0.29) is 12.0 Å². The average molecular weight is 209 g/mol. The van der Waals surface area contributed by atoms with Crippen LogP contribution in [0.15, 0.2) is 12.5 Å². The summed E-state index contributed by atoms with van der Waals surface area (Å²) in [4.78, 5) is 15.5. The van der Waals surface area contributed by atoms with Gasteiger partial charge < -0.3 is 14.6 Å². The van der Waals surface area contributed by atoms with Gasteiger partial charge >= 0.3 is 0 Å². The molecule has 1 saturated heterocycles. The molecule has 15 heavy (non-hydrogen) atoms. The number of imidazole rings is 1. The predicted molar refractivity (Wildman–Crippen MR) is 54.5 cm³/mol. The lowest BCUT2D eigenvalue weighted by Gasteiger charge is -2.10. The summed E-state index contributed by atoms with van der Waals surface area (Å²) in [6.07, 6.45) is 5.48. The molecule has 1 aromatic heterocycles. The fourth-order valence-corrected chi connectivity index (χ4v) is 1.68. The van der Waals surface area contributed by atoms with Crippen LogP contribution in [0.3, 0.4) is 0 Å². The lowest BCUT2D eigenvalue weighted by molar-refractivity contribution is 0.0851.